The fourth-order valence-electron chi connectivity index (χ4n) is 4.08. The van der Waals surface area contributed by atoms with Crippen LogP contribution in [0.4, 0.5) is 18.0 Å². The summed E-state index contributed by atoms with van der Waals surface area (Å²) in [5.74, 6) is -0.426. The lowest BCUT2D eigenvalue weighted by atomic mass is 9.62. The van der Waals surface area contributed by atoms with Crippen LogP contribution in [0.2, 0.25) is 0 Å². The number of nitrogens with zero attached hydrogens (tertiary/aromatic N) is 1. The summed E-state index contributed by atoms with van der Waals surface area (Å²) in [6, 6.07) is 11.3. The van der Waals surface area contributed by atoms with E-state index in [0.29, 0.717) is 23.0 Å². The molecule has 1 fully saturated rings. The second kappa shape index (κ2) is 8.37. The first kappa shape index (κ1) is 24.6. The quantitative estimate of drug-likeness (QED) is 0.637. The van der Waals surface area contributed by atoms with Gasteiger partial charge in [0.1, 0.15) is 23.2 Å². The van der Waals surface area contributed by atoms with Crippen molar-refractivity contribution in [3.05, 3.63) is 65.2 Å². The average molecular weight is 465 g/mol. The van der Waals surface area contributed by atoms with E-state index in [-0.39, 0.29) is 13.1 Å². The van der Waals surface area contributed by atoms with E-state index < -0.39 is 34.8 Å². The van der Waals surface area contributed by atoms with Crippen LogP contribution in [0, 0.1) is 5.41 Å². The van der Waals surface area contributed by atoms with Crippen LogP contribution in [0.15, 0.2) is 48.5 Å². The maximum absolute atomic E-state index is 12.6. The van der Waals surface area contributed by atoms with Crippen LogP contribution in [-0.4, -0.2) is 47.4 Å². The summed E-state index contributed by atoms with van der Waals surface area (Å²) in [5, 5.41) is 12.1. The van der Waals surface area contributed by atoms with E-state index >= 15 is 0 Å². The predicted molar refractivity (Wildman–Crippen MR) is 114 cm³/mol. The Morgan fingerprint density at radius 2 is 1.67 bits per heavy atom. The van der Waals surface area contributed by atoms with Crippen molar-refractivity contribution in [2.45, 2.75) is 45.3 Å². The number of carbonyl (C=O) groups excluding carboxylic acids is 2. The Morgan fingerprint density at radius 3 is 2.18 bits per heavy atom. The molecule has 3 rings (SSSR count). The molecule has 1 aliphatic rings. The molecule has 1 unspecified atom stereocenters. The molecule has 6 nitrogen and oxygen atoms in total. The molecule has 0 spiro atoms. The number of aldehydes is 1. The van der Waals surface area contributed by atoms with E-state index in [9.17, 15) is 27.9 Å². The molecule has 9 heteroatoms. The Balaban J connectivity index is 1.99. The first-order valence-electron chi connectivity index (χ1n) is 10.3. The van der Waals surface area contributed by atoms with E-state index in [4.69, 9.17) is 4.74 Å². The van der Waals surface area contributed by atoms with Crippen LogP contribution in [0.25, 0.3) is 0 Å². The van der Waals surface area contributed by atoms with Gasteiger partial charge in [-0.05, 0) is 50.1 Å². The van der Waals surface area contributed by atoms with E-state index in [1.165, 1.54) is 23.1 Å². The molecule has 0 radical (unpaired) electrons. The number of alkyl halides is 3. The summed E-state index contributed by atoms with van der Waals surface area (Å²) in [7, 11) is 0. The van der Waals surface area contributed by atoms with Crippen molar-refractivity contribution in [1.29, 1.82) is 0 Å². The van der Waals surface area contributed by atoms with Gasteiger partial charge in [-0.3, -0.25) is 4.79 Å². The van der Waals surface area contributed by atoms with Gasteiger partial charge in [-0.15, -0.1) is 13.2 Å². The number of hydrogen-bond donors (Lipinski definition) is 1. The third-order valence-corrected chi connectivity index (χ3v) is 5.55. The average Bonchev–Trinajstić information content (AvgIpc) is 2.68. The Bertz CT molecular complexity index is 1020. The Hall–Kier alpha value is -3.07. The largest absolute Gasteiger partial charge is 0.573 e. The highest BCUT2D eigenvalue weighted by molar-refractivity contribution is 5.75. The number of hydrogen-bond acceptors (Lipinski definition) is 5. The van der Waals surface area contributed by atoms with Gasteiger partial charge in [0.15, 0.2) is 0 Å². The maximum Gasteiger partial charge on any atom is 0.573 e. The molecule has 1 N–H and O–H groups in total. The Kier molecular flexibility index (Phi) is 6.23. The molecule has 1 amide bonds. The maximum atomic E-state index is 12.6. The zero-order chi connectivity index (χ0) is 24.7. The van der Waals surface area contributed by atoms with E-state index in [2.05, 4.69) is 4.74 Å². The number of amides is 1. The zero-order valence-electron chi connectivity index (χ0n) is 18.8. The fourth-order valence-corrected chi connectivity index (χ4v) is 4.08. The second-order valence-corrected chi connectivity index (χ2v) is 9.42. The molecule has 33 heavy (non-hydrogen) atoms. The van der Waals surface area contributed by atoms with Gasteiger partial charge in [0.05, 0.1) is 0 Å². The number of benzene rings is 2. The van der Waals surface area contributed by atoms with Gasteiger partial charge in [0.25, 0.3) is 0 Å². The van der Waals surface area contributed by atoms with Crippen molar-refractivity contribution in [3.63, 3.8) is 0 Å². The highest BCUT2D eigenvalue weighted by Gasteiger charge is 2.58. The van der Waals surface area contributed by atoms with Crippen LogP contribution in [0.3, 0.4) is 0 Å². The summed E-state index contributed by atoms with van der Waals surface area (Å²) < 4.78 is 47.0. The van der Waals surface area contributed by atoms with Crippen molar-refractivity contribution in [1.82, 2.24) is 4.90 Å². The Labute approximate surface area is 189 Å². The van der Waals surface area contributed by atoms with Crippen molar-refractivity contribution < 1.29 is 37.3 Å². The van der Waals surface area contributed by atoms with Crippen molar-refractivity contribution in [2.24, 2.45) is 5.41 Å². The van der Waals surface area contributed by atoms with Crippen molar-refractivity contribution in [3.8, 4) is 5.75 Å². The van der Waals surface area contributed by atoms with Gasteiger partial charge >= 0.3 is 12.5 Å². The van der Waals surface area contributed by atoms with Gasteiger partial charge in [-0.25, -0.2) is 4.79 Å². The third-order valence-electron chi connectivity index (χ3n) is 5.55. The molecule has 2 aromatic carbocycles. The molecule has 178 valence electrons. The molecule has 1 saturated heterocycles. The van der Waals surface area contributed by atoms with Crippen LogP contribution < -0.4 is 4.74 Å². The number of rotatable bonds is 5. The van der Waals surface area contributed by atoms with Crippen LogP contribution in [0.1, 0.15) is 49.2 Å². The SMILES string of the molecule is CC(C)(C)OC(=O)N1CC(C)(C(O)(c2ccc(OC(F)(F)F)cc2)c2cccc(C=O)c2)C1. The second-order valence-electron chi connectivity index (χ2n) is 9.42. The number of halogens is 3. The summed E-state index contributed by atoms with van der Waals surface area (Å²) in [6.45, 7) is 7.26. The Morgan fingerprint density at radius 1 is 1.06 bits per heavy atom. The number of aliphatic hydroxyl groups is 1. The topological polar surface area (TPSA) is 76.1 Å². The number of ether oxygens (including phenoxy) is 2. The summed E-state index contributed by atoms with van der Waals surface area (Å²) in [4.78, 5) is 25.2. The third kappa shape index (κ3) is 5.13. The molecule has 1 heterocycles. The normalized spacial score (nSPS) is 17.5. The molecule has 1 aliphatic heterocycles. The fraction of sp³-hybridized carbons (Fsp3) is 0.417. The molecule has 0 aliphatic carbocycles. The molecular formula is C24H26F3NO5. The molecule has 1 atom stereocenters. The van der Waals surface area contributed by atoms with Gasteiger partial charge in [0.2, 0.25) is 0 Å². The molecular weight excluding hydrogens is 439 g/mol. The predicted octanol–water partition coefficient (Wildman–Crippen LogP) is 4.89. The van der Waals surface area contributed by atoms with Gasteiger partial charge in [0, 0.05) is 24.1 Å². The standard InChI is InChI=1S/C24H26F3NO5/c1-21(2,3)33-20(30)28-14-22(4,15-28)23(31,18-7-5-6-16(12-18)13-29)17-8-10-19(11-9-17)32-24(25,26)27/h5-13,31H,14-15H2,1-4H3. The molecule has 2 aromatic rings. The molecule has 0 saturated carbocycles. The zero-order valence-corrected chi connectivity index (χ0v) is 18.8. The highest BCUT2D eigenvalue weighted by atomic mass is 19.4. The lowest BCUT2D eigenvalue weighted by molar-refractivity contribution is -0.274. The lowest BCUT2D eigenvalue weighted by Gasteiger charge is -2.56. The van der Waals surface area contributed by atoms with Crippen LogP contribution in [-0.2, 0) is 10.3 Å². The first-order chi connectivity index (χ1) is 15.2. The van der Waals surface area contributed by atoms with E-state index in [1.807, 2.05) is 0 Å². The van der Waals surface area contributed by atoms with Gasteiger partial charge in [-0.1, -0.05) is 37.3 Å². The highest BCUT2D eigenvalue weighted by Crippen LogP contribution is 2.51. The number of likely N-dealkylation sites (tertiary alicyclic amines) is 1. The van der Waals surface area contributed by atoms with E-state index in [0.717, 1.165) is 12.1 Å². The van der Waals surface area contributed by atoms with Crippen LogP contribution in [0.5, 0.6) is 5.75 Å². The number of carbonyl (C=O) groups is 2. The minimum absolute atomic E-state index is 0.129. The first-order valence-corrected chi connectivity index (χ1v) is 10.3. The van der Waals surface area contributed by atoms with Crippen LogP contribution >= 0.6 is 0 Å². The van der Waals surface area contributed by atoms with Gasteiger partial charge in [-0.2, -0.15) is 0 Å². The van der Waals surface area contributed by atoms with E-state index in [1.54, 1.807) is 45.9 Å². The van der Waals surface area contributed by atoms with Gasteiger partial charge < -0.3 is 19.5 Å². The minimum Gasteiger partial charge on any atom is -0.444 e. The van der Waals surface area contributed by atoms with Crippen molar-refractivity contribution in [2.75, 3.05) is 13.1 Å². The minimum atomic E-state index is -4.84. The molecule has 0 aromatic heterocycles. The lowest BCUT2D eigenvalue weighted by Crippen LogP contribution is -2.66. The smallest absolute Gasteiger partial charge is 0.444 e. The van der Waals surface area contributed by atoms with Crippen molar-refractivity contribution >= 4 is 12.4 Å². The monoisotopic (exact) mass is 465 g/mol. The summed E-state index contributed by atoms with van der Waals surface area (Å²) in [5.41, 5.74) is -2.32. The molecule has 0 bridgehead atoms. The summed E-state index contributed by atoms with van der Waals surface area (Å²) >= 11 is 0. The summed E-state index contributed by atoms with van der Waals surface area (Å²) in [6.07, 6.45) is -4.73.